The molecule has 1 saturated carbocycles. The molecular formula is C18H25FN2O2. The van der Waals surface area contributed by atoms with E-state index in [1.165, 1.54) is 6.07 Å². The van der Waals surface area contributed by atoms with Gasteiger partial charge in [-0.1, -0.05) is 6.07 Å². The van der Waals surface area contributed by atoms with Crippen LogP contribution >= 0.6 is 0 Å². The van der Waals surface area contributed by atoms with Crippen LogP contribution in [0.15, 0.2) is 18.2 Å². The van der Waals surface area contributed by atoms with Gasteiger partial charge in [0.2, 0.25) is 0 Å². The van der Waals surface area contributed by atoms with Gasteiger partial charge in [-0.3, -0.25) is 4.79 Å². The molecule has 1 atom stereocenters. The Bertz CT molecular complexity index is 566. The van der Waals surface area contributed by atoms with Gasteiger partial charge in [0.15, 0.2) is 0 Å². The molecule has 4 nitrogen and oxygen atoms in total. The summed E-state index contributed by atoms with van der Waals surface area (Å²) in [7, 11) is 0. The van der Waals surface area contributed by atoms with Crippen molar-refractivity contribution in [1.82, 2.24) is 10.6 Å². The Balaban J connectivity index is 1.73. The highest BCUT2D eigenvalue weighted by atomic mass is 19.1. The second-order valence-electron chi connectivity index (χ2n) is 6.96. The molecule has 5 heteroatoms. The van der Waals surface area contributed by atoms with E-state index >= 15 is 0 Å². The van der Waals surface area contributed by atoms with Crippen LogP contribution in [0.25, 0.3) is 0 Å². The number of aliphatic hydroxyl groups excluding tert-OH is 1. The number of nitrogens with one attached hydrogen (secondary N) is 2. The largest absolute Gasteiger partial charge is 0.393 e. The van der Waals surface area contributed by atoms with E-state index in [1.54, 1.807) is 19.1 Å². The predicted octanol–water partition coefficient (Wildman–Crippen LogP) is 2.00. The molecular weight excluding hydrogens is 295 g/mol. The number of hydrogen-bond donors (Lipinski definition) is 3. The van der Waals surface area contributed by atoms with Gasteiger partial charge in [-0.25, -0.2) is 4.39 Å². The van der Waals surface area contributed by atoms with Crippen molar-refractivity contribution in [2.45, 2.75) is 44.8 Å². The van der Waals surface area contributed by atoms with E-state index in [4.69, 9.17) is 0 Å². The predicted molar refractivity (Wildman–Crippen MR) is 86.7 cm³/mol. The molecule has 3 rings (SSSR count). The molecule has 0 aromatic heterocycles. The Labute approximate surface area is 136 Å². The number of amides is 1. The van der Waals surface area contributed by atoms with E-state index in [-0.39, 0.29) is 23.6 Å². The first-order valence-corrected chi connectivity index (χ1v) is 8.50. The Kier molecular flexibility index (Phi) is 4.97. The molecule has 0 unspecified atom stereocenters. The van der Waals surface area contributed by atoms with E-state index in [2.05, 4.69) is 10.6 Å². The first-order chi connectivity index (χ1) is 11.0. The molecule has 2 aliphatic rings. The zero-order valence-electron chi connectivity index (χ0n) is 13.5. The minimum absolute atomic E-state index is 0.0219. The molecule has 3 N–H and O–H groups in total. The van der Waals surface area contributed by atoms with Gasteiger partial charge in [0.1, 0.15) is 5.82 Å². The van der Waals surface area contributed by atoms with Crippen LogP contribution in [-0.4, -0.2) is 36.2 Å². The molecule has 0 radical (unpaired) electrons. The van der Waals surface area contributed by atoms with Crippen LogP contribution in [0.2, 0.25) is 0 Å². The lowest BCUT2D eigenvalue weighted by Crippen LogP contribution is -2.53. The topological polar surface area (TPSA) is 61.4 Å². The summed E-state index contributed by atoms with van der Waals surface area (Å²) in [6.07, 6.45) is 3.22. The second-order valence-corrected chi connectivity index (χ2v) is 6.96. The monoisotopic (exact) mass is 320 g/mol. The van der Waals surface area contributed by atoms with Gasteiger partial charge in [-0.2, -0.15) is 0 Å². The van der Waals surface area contributed by atoms with Crippen LogP contribution < -0.4 is 10.6 Å². The second kappa shape index (κ2) is 6.97. The van der Waals surface area contributed by atoms with Gasteiger partial charge in [-0.05, 0) is 75.2 Å². The number of carbonyl (C=O) groups excluding carboxylic acids is 1. The third kappa shape index (κ3) is 3.72. The molecule has 2 fully saturated rings. The minimum Gasteiger partial charge on any atom is -0.393 e. The molecule has 0 bridgehead atoms. The summed E-state index contributed by atoms with van der Waals surface area (Å²) >= 11 is 0. The number of benzene rings is 1. The highest BCUT2D eigenvalue weighted by Gasteiger charge is 2.39. The number of piperidine rings is 1. The molecule has 1 aromatic rings. The molecule has 126 valence electrons. The van der Waals surface area contributed by atoms with E-state index in [0.29, 0.717) is 11.8 Å². The average Bonchev–Trinajstić information content (AvgIpc) is 2.50. The lowest BCUT2D eigenvalue weighted by Gasteiger charge is -2.43. The normalized spacial score (nSPS) is 26.4. The summed E-state index contributed by atoms with van der Waals surface area (Å²) in [6, 6.07) is 4.72. The fraction of sp³-hybridized carbons (Fsp3) is 0.611. The summed E-state index contributed by atoms with van der Waals surface area (Å²) in [4.78, 5) is 12.5. The van der Waals surface area contributed by atoms with Crippen LogP contribution in [0, 0.1) is 24.6 Å². The van der Waals surface area contributed by atoms with Crippen molar-refractivity contribution in [3.8, 4) is 0 Å². The van der Waals surface area contributed by atoms with Gasteiger partial charge in [0.25, 0.3) is 5.91 Å². The molecule has 1 amide bonds. The lowest BCUT2D eigenvalue weighted by atomic mass is 9.71. The minimum atomic E-state index is -0.472. The fourth-order valence-corrected chi connectivity index (χ4v) is 3.78. The number of hydrogen-bond acceptors (Lipinski definition) is 3. The van der Waals surface area contributed by atoms with Gasteiger partial charge in [0, 0.05) is 6.04 Å². The van der Waals surface area contributed by atoms with Gasteiger partial charge < -0.3 is 15.7 Å². The molecule has 0 spiro atoms. The van der Waals surface area contributed by atoms with Crippen molar-refractivity contribution < 1.29 is 14.3 Å². The SMILES string of the molecule is Cc1ccc(C(=O)N[C@@H](C2CCNCC2)C2CC(O)C2)c(F)c1. The highest BCUT2D eigenvalue weighted by molar-refractivity contribution is 5.94. The average molecular weight is 320 g/mol. The zero-order valence-corrected chi connectivity index (χ0v) is 13.5. The van der Waals surface area contributed by atoms with Crippen molar-refractivity contribution in [2.24, 2.45) is 11.8 Å². The van der Waals surface area contributed by atoms with E-state index in [1.807, 2.05) is 0 Å². The maximum Gasteiger partial charge on any atom is 0.254 e. The molecule has 23 heavy (non-hydrogen) atoms. The zero-order chi connectivity index (χ0) is 16.4. The van der Waals surface area contributed by atoms with Gasteiger partial charge in [-0.15, -0.1) is 0 Å². The number of aliphatic hydroxyl groups is 1. The lowest BCUT2D eigenvalue weighted by molar-refractivity contribution is 0.00914. The number of aryl methyl sites for hydroxylation is 1. The summed E-state index contributed by atoms with van der Waals surface area (Å²) in [5, 5.41) is 16.0. The van der Waals surface area contributed by atoms with Crippen LogP contribution in [0.4, 0.5) is 4.39 Å². The van der Waals surface area contributed by atoms with Crippen molar-refractivity contribution in [2.75, 3.05) is 13.1 Å². The molecule has 1 aliphatic heterocycles. The first kappa shape index (κ1) is 16.4. The Morgan fingerprint density at radius 3 is 2.61 bits per heavy atom. The summed E-state index contributed by atoms with van der Waals surface area (Å²) in [5.41, 5.74) is 0.908. The van der Waals surface area contributed by atoms with Gasteiger partial charge in [0.05, 0.1) is 11.7 Å². The smallest absolute Gasteiger partial charge is 0.254 e. The Hall–Kier alpha value is -1.46. The standard InChI is InChI=1S/C18H25FN2O2/c1-11-2-3-15(16(19)8-11)18(23)21-17(13-9-14(22)10-13)12-4-6-20-7-5-12/h2-3,8,12-14,17,20,22H,4-7,9-10H2,1H3,(H,21,23)/t13?,14?,17-/m0/s1. The Morgan fingerprint density at radius 2 is 2.00 bits per heavy atom. The van der Waals surface area contributed by atoms with E-state index in [9.17, 15) is 14.3 Å². The third-order valence-electron chi connectivity index (χ3n) is 5.22. The van der Waals surface area contributed by atoms with Crippen molar-refractivity contribution >= 4 is 5.91 Å². The number of halogens is 1. The van der Waals surface area contributed by atoms with Crippen molar-refractivity contribution in [3.63, 3.8) is 0 Å². The first-order valence-electron chi connectivity index (χ1n) is 8.50. The Morgan fingerprint density at radius 1 is 1.30 bits per heavy atom. The summed E-state index contributed by atoms with van der Waals surface area (Å²) in [5.74, 6) is -0.121. The van der Waals surface area contributed by atoms with E-state index in [0.717, 1.165) is 44.3 Å². The summed E-state index contributed by atoms with van der Waals surface area (Å²) < 4.78 is 14.0. The fourth-order valence-electron chi connectivity index (χ4n) is 3.78. The van der Waals surface area contributed by atoms with Crippen LogP contribution in [0.3, 0.4) is 0 Å². The van der Waals surface area contributed by atoms with Crippen molar-refractivity contribution in [1.29, 1.82) is 0 Å². The molecule has 1 aliphatic carbocycles. The third-order valence-corrected chi connectivity index (χ3v) is 5.22. The quantitative estimate of drug-likeness (QED) is 0.795. The summed E-state index contributed by atoms with van der Waals surface area (Å²) in [6.45, 7) is 3.70. The van der Waals surface area contributed by atoms with Crippen molar-refractivity contribution in [3.05, 3.63) is 35.1 Å². The van der Waals surface area contributed by atoms with Crippen LogP contribution in [0.1, 0.15) is 41.6 Å². The maximum absolute atomic E-state index is 14.0. The molecule has 1 heterocycles. The highest BCUT2D eigenvalue weighted by Crippen LogP contribution is 2.36. The number of carbonyl (C=O) groups is 1. The maximum atomic E-state index is 14.0. The van der Waals surface area contributed by atoms with E-state index < -0.39 is 5.82 Å². The molecule has 1 aromatic carbocycles. The number of rotatable bonds is 4. The molecule has 1 saturated heterocycles. The van der Waals surface area contributed by atoms with Crippen LogP contribution in [0.5, 0.6) is 0 Å². The van der Waals surface area contributed by atoms with Crippen LogP contribution in [-0.2, 0) is 0 Å². The van der Waals surface area contributed by atoms with Gasteiger partial charge >= 0.3 is 0 Å².